The molecule has 150 valence electrons. The maximum absolute atomic E-state index is 12.5. The molecule has 0 radical (unpaired) electrons. The topological polar surface area (TPSA) is 83.7 Å². The Bertz CT molecular complexity index is 749. The number of nitrogens with zero attached hydrogens (tertiary/aromatic N) is 3. The van der Waals surface area contributed by atoms with E-state index < -0.39 is 31.5 Å². The van der Waals surface area contributed by atoms with Crippen LogP contribution in [0.3, 0.4) is 0 Å². The van der Waals surface area contributed by atoms with Crippen LogP contribution in [0.5, 0.6) is 0 Å². The van der Waals surface area contributed by atoms with E-state index in [1.165, 1.54) is 6.07 Å². The van der Waals surface area contributed by atoms with Crippen LogP contribution >= 0.6 is 11.3 Å². The number of alkyl halides is 5. The first-order valence-electron chi connectivity index (χ1n) is 7.84. The van der Waals surface area contributed by atoms with Crippen LogP contribution < -0.4 is 5.32 Å². The zero-order valence-electron chi connectivity index (χ0n) is 13.6. The molecule has 1 aliphatic rings. The summed E-state index contributed by atoms with van der Waals surface area (Å²) in [6.45, 7) is -0.969. The van der Waals surface area contributed by atoms with Gasteiger partial charge in [-0.3, -0.25) is 10.2 Å². The number of hydrogen-bond acceptors (Lipinski definition) is 8. The molecular weight excluding hydrogens is 399 g/mol. The lowest BCUT2D eigenvalue weighted by Crippen LogP contribution is -2.46. The SMILES string of the molecule is OC(NC1CC1)N(Cc1ccc(-c2noc(C(F)(F)F)n2)s1)OCC(F)F. The molecule has 2 heterocycles. The van der Waals surface area contributed by atoms with Gasteiger partial charge in [0.15, 0.2) is 6.35 Å². The fourth-order valence-corrected chi connectivity index (χ4v) is 2.99. The fourth-order valence-electron chi connectivity index (χ4n) is 2.07. The molecule has 1 fully saturated rings. The van der Waals surface area contributed by atoms with E-state index in [9.17, 15) is 27.1 Å². The van der Waals surface area contributed by atoms with Crippen LogP contribution in [0.2, 0.25) is 0 Å². The van der Waals surface area contributed by atoms with Crippen molar-refractivity contribution in [1.29, 1.82) is 0 Å². The summed E-state index contributed by atoms with van der Waals surface area (Å²) in [5.74, 6) is -1.70. The van der Waals surface area contributed by atoms with E-state index >= 15 is 0 Å². The third-order valence-electron chi connectivity index (χ3n) is 3.46. The molecule has 0 amide bonds. The monoisotopic (exact) mass is 414 g/mol. The van der Waals surface area contributed by atoms with Crippen LogP contribution in [-0.4, -0.2) is 45.7 Å². The van der Waals surface area contributed by atoms with Crippen molar-refractivity contribution in [3.05, 3.63) is 22.9 Å². The summed E-state index contributed by atoms with van der Waals surface area (Å²) in [7, 11) is 0. The lowest BCUT2D eigenvalue weighted by Gasteiger charge is -2.27. The molecule has 0 aromatic carbocycles. The van der Waals surface area contributed by atoms with Crippen molar-refractivity contribution < 1.29 is 36.4 Å². The van der Waals surface area contributed by atoms with Gasteiger partial charge in [-0.1, -0.05) is 5.16 Å². The summed E-state index contributed by atoms with van der Waals surface area (Å²) in [6, 6.07) is 3.11. The largest absolute Gasteiger partial charge is 0.471 e. The van der Waals surface area contributed by atoms with Gasteiger partial charge >= 0.3 is 12.1 Å². The first-order chi connectivity index (χ1) is 12.7. The van der Waals surface area contributed by atoms with Gasteiger partial charge < -0.3 is 9.63 Å². The minimum absolute atomic E-state index is 0.0672. The Morgan fingerprint density at radius 2 is 2.11 bits per heavy atom. The Balaban J connectivity index is 1.68. The van der Waals surface area contributed by atoms with Crippen LogP contribution in [0, 0.1) is 0 Å². The Morgan fingerprint density at radius 3 is 2.70 bits per heavy atom. The van der Waals surface area contributed by atoms with Gasteiger partial charge in [0, 0.05) is 10.9 Å². The molecule has 0 spiro atoms. The number of hydroxylamine groups is 2. The van der Waals surface area contributed by atoms with Gasteiger partial charge in [-0.15, -0.1) is 16.4 Å². The number of rotatable bonds is 9. The highest BCUT2D eigenvalue weighted by molar-refractivity contribution is 7.15. The molecular formula is C14H15F5N4O3S. The average Bonchev–Trinajstić information content (AvgIpc) is 3.08. The second-order valence-electron chi connectivity index (χ2n) is 5.76. The van der Waals surface area contributed by atoms with E-state index in [1.807, 2.05) is 0 Å². The van der Waals surface area contributed by atoms with Gasteiger partial charge in [0.25, 0.3) is 6.43 Å². The third-order valence-corrected chi connectivity index (χ3v) is 4.53. The molecule has 2 aromatic rings. The molecule has 3 rings (SSSR count). The second-order valence-corrected chi connectivity index (χ2v) is 6.93. The summed E-state index contributed by atoms with van der Waals surface area (Å²) < 4.78 is 66.6. The highest BCUT2D eigenvalue weighted by Crippen LogP contribution is 2.32. The predicted molar refractivity (Wildman–Crippen MR) is 82.3 cm³/mol. The molecule has 1 aliphatic carbocycles. The minimum Gasteiger partial charge on any atom is -0.364 e. The number of aromatic nitrogens is 2. The molecule has 1 unspecified atom stereocenters. The zero-order valence-corrected chi connectivity index (χ0v) is 14.4. The zero-order chi connectivity index (χ0) is 19.6. The van der Waals surface area contributed by atoms with Crippen LogP contribution in [0.1, 0.15) is 23.6 Å². The number of aliphatic hydroxyl groups excluding tert-OH is 1. The first-order valence-corrected chi connectivity index (χ1v) is 8.66. The normalized spacial score (nSPS) is 16.4. The maximum atomic E-state index is 12.5. The fraction of sp³-hybridized carbons (Fsp3) is 0.571. The summed E-state index contributed by atoms with van der Waals surface area (Å²) in [4.78, 5) is 9.06. The summed E-state index contributed by atoms with van der Waals surface area (Å²) >= 11 is 1.02. The Kier molecular flexibility index (Phi) is 6.05. The highest BCUT2D eigenvalue weighted by atomic mass is 32.1. The number of aliphatic hydroxyl groups is 1. The van der Waals surface area contributed by atoms with Crippen LogP contribution in [0.25, 0.3) is 10.7 Å². The first kappa shape index (κ1) is 20.1. The molecule has 1 atom stereocenters. The smallest absolute Gasteiger partial charge is 0.364 e. The van der Waals surface area contributed by atoms with Crippen molar-refractivity contribution >= 4 is 11.3 Å². The quantitative estimate of drug-likeness (QED) is 0.371. The third kappa shape index (κ3) is 5.65. The van der Waals surface area contributed by atoms with Gasteiger partial charge in [-0.25, -0.2) is 8.78 Å². The molecule has 2 aromatic heterocycles. The lowest BCUT2D eigenvalue weighted by atomic mass is 10.4. The molecule has 0 saturated heterocycles. The van der Waals surface area contributed by atoms with Gasteiger partial charge in [0.2, 0.25) is 5.82 Å². The maximum Gasteiger partial charge on any atom is 0.471 e. The Morgan fingerprint density at radius 1 is 1.37 bits per heavy atom. The van der Waals surface area contributed by atoms with Crippen molar-refractivity contribution in [2.24, 2.45) is 0 Å². The number of halogens is 5. The lowest BCUT2D eigenvalue weighted by molar-refractivity contribution is -0.267. The van der Waals surface area contributed by atoms with Crippen LogP contribution in [0.4, 0.5) is 22.0 Å². The van der Waals surface area contributed by atoms with E-state index in [2.05, 4.69) is 20.0 Å². The molecule has 7 nitrogen and oxygen atoms in total. The molecule has 27 heavy (non-hydrogen) atoms. The number of thiophene rings is 1. The van der Waals surface area contributed by atoms with E-state index in [0.717, 1.165) is 29.2 Å². The molecule has 0 bridgehead atoms. The Hall–Kier alpha value is -1.67. The average molecular weight is 414 g/mol. The standard InChI is InChI=1S/C14H15F5N4O3S/c15-10(16)6-25-23(13(24)20-7-1-2-7)5-8-3-4-9(27-8)11-21-12(26-22-11)14(17,18)19/h3-4,7,10,13,20,24H,1-2,5-6H2. The van der Waals surface area contributed by atoms with E-state index in [-0.39, 0.29) is 18.4 Å². The van der Waals surface area contributed by atoms with E-state index in [1.54, 1.807) is 6.07 Å². The van der Waals surface area contributed by atoms with Gasteiger partial charge in [-0.2, -0.15) is 18.2 Å². The van der Waals surface area contributed by atoms with Gasteiger partial charge in [0.1, 0.15) is 6.61 Å². The van der Waals surface area contributed by atoms with Crippen LogP contribution in [0.15, 0.2) is 16.7 Å². The van der Waals surface area contributed by atoms with Crippen molar-refractivity contribution in [3.8, 4) is 10.7 Å². The van der Waals surface area contributed by atoms with E-state index in [0.29, 0.717) is 9.75 Å². The summed E-state index contributed by atoms with van der Waals surface area (Å²) in [5, 5.41) is 17.1. The van der Waals surface area contributed by atoms with Crippen molar-refractivity contribution in [1.82, 2.24) is 20.5 Å². The van der Waals surface area contributed by atoms with Gasteiger partial charge in [-0.05, 0) is 25.0 Å². The van der Waals surface area contributed by atoms with Crippen molar-refractivity contribution in [2.75, 3.05) is 6.61 Å². The minimum atomic E-state index is -4.75. The predicted octanol–water partition coefficient (Wildman–Crippen LogP) is 2.84. The second kappa shape index (κ2) is 8.14. The molecule has 13 heteroatoms. The number of nitrogens with one attached hydrogen (secondary N) is 1. The molecule has 0 aliphatic heterocycles. The Labute approximate surface area is 153 Å². The van der Waals surface area contributed by atoms with Gasteiger partial charge in [0.05, 0.1) is 11.4 Å². The molecule has 1 saturated carbocycles. The van der Waals surface area contributed by atoms with Crippen LogP contribution in [-0.2, 0) is 17.6 Å². The summed E-state index contributed by atoms with van der Waals surface area (Å²) in [5.41, 5.74) is 0. The molecule has 2 N–H and O–H groups in total. The van der Waals surface area contributed by atoms with E-state index in [4.69, 9.17) is 4.84 Å². The van der Waals surface area contributed by atoms with Crippen molar-refractivity contribution in [3.63, 3.8) is 0 Å². The highest BCUT2D eigenvalue weighted by Gasteiger charge is 2.38. The summed E-state index contributed by atoms with van der Waals surface area (Å²) in [6.07, 6.45) is -7.04. The van der Waals surface area contributed by atoms with Crippen molar-refractivity contribution in [2.45, 2.75) is 44.4 Å². The number of hydrogen-bond donors (Lipinski definition) is 2.